The van der Waals surface area contributed by atoms with E-state index in [0.29, 0.717) is 67.7 Å². The summed E-state index contributed by atoms with van der Waals surface area (Å²) < 4.78 is 19.5. The van der Waals surface area contributed by atoms with Crippen molar-refractivity contribution in [2.75, 3.05) is 39.5 Å². The van der Waals surface area contributed by atoms with Crippen LogP contribution in [-0.2, 0) is 19.0 Å². The van der Waals surface area contributed by atoms with Crippen LogP contribution in [0.15, 0.2) is 11.6 Å². The lowest BCUT2D eigenvalue weighted by molar-refractivity contribution is -0.272. The van der Waals surface area contributed by atoms with Crippen molar-refractivity contribution < 1.29 is 29.2 Å². The van der Waals surface area contributed by atoms with Gasteiger partial charge in [-0.05, 0) is 98.3 Å². The van der Waals surface area contributed by atoms with Crippen LogP contribution in [0.1, 0.15) is 98.3 Å². The van der Waals surface area contributed by atoms with Crippen molar-refractivity contribution in [3.63, 3.8) is 0 Å². The Labute approximate surface area is 253 Å². The Balaban J connectivity index is 1.07. The molecule has 7 heteroatoms. The van der Waals surface area contributed by atoms with Gasteiger partial charge >= 0.3 is 5.97 Å². The zero-order valence-corrected chi connectivity index (χ0v) is 26.7. The highest BCUT2D eigenvalue weighted by molar-refractivity contribution is 5.69. The molecule has 0 aromatic heterocycles. The van der Waals surface area contributed by atoms with Crippen molar-refractivity contribution in [1.82, 2.24) is 4.90 Å². The maximum absolute atomic E-state index is 12.7. The molecule has 2 saturated heterocycles. The van der Waals surface area contributed by atoms with E-state index in [1.54, 1.807) is 5.57 Å². The standard InChI is InChI=1S/C35H57NO6/c1-23-9-14-35(40-22-23)24(2)32-30(42-35)21-29-27-8-7-25-20-26(10-12-33(25,3)28(27)11-13-34(29,32)4)41-31(39)6-5-15-36(16-18-37)17-19-38/h7,23-24,26-30,32,37-38H,5-6,8-22H2,1-4H3/t23-,24-,26-,27+,28-,29-,30-,32-,33-,34-,35-/m0/s1. The van der Waals surface area contributed by atoms with Crippen LogP contribution in [0.4, 0.5) is 0 Å². The van der Waals surface area contributed by atoms with Crippen LogP contribution >= 0.6 is 0 Å². The summed E-state index contributed by atoms with van der Waals surface area (Å²) in [6, 6.07) is 0. The Hall–Kier alpha value is -0.990. The van der Waals surface area contributed by atoms with Crippen LogP contribution < -0.4 is 0 Å². The van der Waals surface area contributed by atoms with Crippen molar-refractivity contribution in [2.45, 2.75) is 116 Å². The molecule has 11 atom stereocenters. The summed E-state index contributed by atoms with van der Waals surface area (Å²) >= 11 is 0. The Morgan fingerprint density at radius 2 is 1.83 bits per heavy atom. The minimum absolute atomic E-state index is 0.0114. The summed E-state index contributed by atoms with van der Waals surface area (Å²) in [6.45, 7) is 12.5. The molecule has 4 aliphatic carbocycles. The van der Waals surface area contributed by atoms with Crippen LogP contribution in [0.2, 0.25) is 0 Å². The molecular formula is C35H57NO6. The monoisotopic (exact) mass is 587 g/mol. The second-order valence-corrected chi connectivity index (χ2v) is 15.5. The van der Waals surface area contributed by atoms with Crippen LogP contribution in [0.5, 0.6) is 0 Å². The third-order valence-electron chi connectivity index (χ3n) is 13.3. The van der Waals surface area contributed by atoms with Crippen LogP contribution in [0, 0.1) is 46.3 Å². The first-order chi connectivity index (χ1) is 20.1. The van der Waals surface area contributed by atoms with Gasteiger partial charge in [0.05, 0.1) is 25.9 Å². The zero-order chi connectivity index (χ0) is 29.7. The molecule has 0 aromatic carbocycles. The first-order valence-corrected chi connectivity index (χ1v) is 17.3. The fourth-order valence-corrected chi connectivity index (χ4v) is 11.1. The molecule has 1 spiro atoms. The third-order valence-corrected chi connectivity index (χ3v) is 13.3. The number of hydrogen-bond donors (Lipinski definition) is 2. The van der Waals surface area contributed by atoms with E-state index in [-0.39, 0.29) is 36.5 Å². The van der Waals surface area contributed by atoms with E-state index in [2.05, 4.69) is 33.8 Å². The maximum Gasteiger partial charge on any atom is 0.306 e. The van der Waals surface area contributed by atoms with Crippen molar-refractivity contribution in [3.05, 3.63) is 11.6 Å². The van der Waals surface area contributed by atoms with Crippen molar-refractivity contribution in [2.24, 2.45) is 46.3 Å². The number of nitrogens with zero attached hydrogens (tertiary/aromatic N) is 1. The quantitative estimate of drug-likeness (QED) is 0.278. The molecule has 0 unspecified atom stereocenters. The highest BCUT2D eigenvalue weighted by Crippen LogP contribution is 2.70. The first kappa shape index (κ1) is 31.0. The summed E-state index contributed by atoms with van der Waals surface area (Å²) in [4.78, 5) is 14.7. The second kappa shape index (κ2) is 12.1. The Kier molecular flexibility index (Phi) is 8.92. The Bertz CT molecular complexity index is 1000. The van der Waals surface area contributed by atoms with Crippen LogP contribution in [0.3, 0.4) is 0 Å². The molecule has 0 radical (unpaired) electrons. The summed E-state index contributed by atoms with van der Waals surface area (Å²) in [7, 11) is 0. The van der Waals surface area contributed by atoms with E-state index in [1.807, 2.05) is 4.90 Å². The van der Waals surface area contributed by atoms with Crippen molar-refractivity contribution >= 4 is 5.97 Å². The van der Waals surface area contributed by atoms with Gasteiger partial charge < -0.3 is 24.4 Å². The van der Waals surface area contributed by atoms with Gasteiger partial charge in [0.15, 0.2) is 5.79 Å². The average molecular weight is 588 g/mol. The molecule has 2 aliphatic heterocycles. The van der Waals surface area contributed by atoms with E-state index in [9.17, 15) is 15.0 Å². The number of ether oxygens (including phenoxy) is 3. The molecule has 42 heavy (non-hydrogen) atoms. The van der Waals surface area contributed by atoms with E-state index in [0.717, 1.165) is 50.5 Å². The highest BCUT2D eigenvalue weighted by atomic mass is 16.7. The smallest absolute Gasteiger partial charge is 0.306 e. The molecule has 238 valence electrons. The van der Waals surface area contributed by atoms with Gasteiger partial charge in [0.1, 0.15) is 6.10 Å². The third kappa shape index (κ3) is 5.31. The number of aliphatic hydroxyl groups excluding tert-OH is 2. The number of allylic oxidation sites excluding steroid dienone is 1. The fourth-order valence-electron chi connectivity index (χ4n) is 11.1. The molecule has 5 fully saturated rings. The topological polar surface area (TPSA) is 88.5 Å². The SMILES string of the molecule is C[C@H]1CC[C@]2(OC1)O[C@H]1C[C@H]3[C@@H]4CC=C5C[C@@H](OC(=O)CCCN(CCO)CCO)CC[C@]5(C)[C@H]4CC[C@]3(C)[C@H]1[C@@H]2C. The van der Waals surface area contributed by atoms with Gasteiger partial charge in [0.25, 0.3) is 0 Å². The molecule has 0 amide bonds. The normalized spacial score (nSPS) is 46.1. The largest absolute Gasteiger partial charge is 0.462 e. The Morgan fingerprint density at radius 1 is 1.05 bits per heavy atom. The number of aliphatic hydroxyl groups is 2. The Morgan fingerprint density at radius 3 is 2.55 bits per heavy atom. The minimum atomic E-state index is -0.341. The van der Waals surface area contributed by atoms with Crippen LogP contribution in [-0.4, -0.2) is 78.5 Å². The van der Waals surface area contributed by atoms with Gasteiger partial charge in [-0.2, -0.15) is 0 Å². The number of hydrogen-bond acceptors (Lipinski definition) is 7. The van der Waals surface area contributed by atoms with Crippen LogP contribution in [0.25, 0.3) is 0 Å². The summed E-state index contributed by atoms with van der Waals surface area (Å²) in [5.41, 5.74) is 2.09. The average Bonchev–Trinajstić information content (AvgIpc) is 3.40. The van der Waals surface area contributed by atoms with Gasteiger partial charge in [-0.3, -0.25) is 9.69 Å². The second-order valence-electron chi connectivity index (χ2n) is 15.5. The molecular weight excluding hydrogens is 530 g/mol. The highest BCUT2D eigenvalue weighted by Gasteiger charge is 2.68. The van der Waals surface area contributed by atoms with Gasteiger partial charge in [0, 0.05) is 38.3 Å². The molecule has 6 rings (SSSR count). The number of carbonyl (C=O) groups excluding carboxylic acids is 1. The molecule has 7 nitrogen and oxygen atoms in total. The molecule has 0 aromatic rings. The number of carbonyl (C=O) groups is 1. The number of rotatable bonds is 9. The predicted molar refractivity (Wildman–Crippen MR) is 161 cm³/mol. The first-order valence-electron chi connectivity index (χ1n) is 17.3. The van der Waals surface area contributed by atoms with E-state index >= 15 is 0 Å². The number of esters is 1. The van der Waals surface area contributed by atoms with E-state index in [4.69, 9.17) is 14.2 Å². The summed E-state index contributed by atoms with van der Waals surface area (Å²) in [5.74, 6) is 3.41. The van der Waals surface area contributed by atoms with Gasteiger partial charge in [-0.15, -0.1) is 0 Å². The summed E-state index contributed by atoms with van der Waals surface area (Å²) in [5, 5.41) is 18.4. The van der Waals surface area contributed by atoms with Gasteiger partial charge in [0.2, 0.25) is 0 Å². The van der Waals surface area contributed by atoms with E-state index < -0.39 is 0 Å². The lowest BCUT2D eigenvalue weighted by Crippen LogP contribution is -2.52. The van der Waals surface area contributed by atoms with Crippen molar-refractivity contribution in [3.8, 4) is 0 Å². The molecule has 2 heterocycles. The van der Waals surface area contributed by atoms with Gasteiger partial charge in [-0.25, -0.2) is 0 Å². The predicted octanol–water partition coefficient (Wildman–Crippen LogP) is 5.33. The van der Waals surface area contributed by atoms with Crippen molar-refractivity contribution in [1.29, 1.82) is 0 Å². The molecule has 6 aliphatic rings. The number of fused-ring (bicyclic) bond motifs is 7. The van der Waals surface area contributed by atoms with E-state index in [1.165, 1.54) is 25.7 Å². The lowest BCUT2D eigenvalue weighted by atomic mass is 9.47. The lowest BCUT2D eigenvalue weighted by Gasteiger charge is -2.58. The minimum Gasteiger partial charge on any atom is -0.462 e. The molecule has 0 bridgehead atoms. The fraction of sp³-hybridized carbons (Fsp3) is 0.914. The molecule has 3 saturated carbocycles. The maximum atomic E-state index is 12.7. The van der Waals surface area contributed by atoms with Gasteiger partial charge in [-0.1, -0.05) is 39.3 Å². The molecule has 2 N–H and O–H groups in total. The summed E-state index contributed by atoms with van der Waals surface area (Å²) in [6.07, 6.45) is 14.1. The zero-order valence-electron chi connectivity index (χ0n) is 26.7.